The molecule has 0 aliphatic rings. The van der Waals surface area contributed by atoms with Gasteiger partial charge in [0.1, 0.15) is 6.61 Å². The first-order valence-electron chi connectivity index (χ1n) is 6.83. The van der Waals surface area contributed by atoms with Crippen molar-refractivity contribution in [3.8, 4) is 5.75 Å². The number of nitrogens with one attached hydrogen (secondary N) is 1. The smallest absolute Gasteiger partial charge is 0.165 e. The van der Waals surface area contributed by atoms with E-state index >= 15 is 0 Å². The maximum absolute atomic E-state index is 13.8. The summed E-state index contributed by atoms with van der Waals surface area (Å²) in [5, 5.41) is 13.0. The second kappa shape index (κ2) is 7.46. The van der Waals surface area contributed by atoms with E-state index in [-0.39, 0.29) is 18.2 Å². The van der Waals surface area contributed by atoms with E-state index in [9.17, 15) is 9.50 Å². The van der Waals surface area contributed by atoms with Crippen molar-refractivity contribution in [2.45, 2.75) is 45.8 Å². The predicted molar refractivity (Wildman–Crippen MR) is 74.8 cm³/mol. The fourth-order valence-corrected chi connectivity index (χ4v) is 1.52. The van der Waals surface area contributed by atoms with Crippen LogP contribution in [0.25, 0.3) is 0 Å². The number of halogens is 1. The summed E-state index contributed by atoms with van der Waals surface area (Å²) in [6.45, 7) is 7.28. The van der Waals surface area contributed by atoms with E-state index in [1.165, 1.54) is 6.07 Å². The Bertz CT molecular complexity index is 394. The lowest BCUT2D eigenvalue weighted by atomic mass is 10.1. The zero-order chi connectivity index (χ0) is 14.3. The van der Waals surface area contributed by atoms with Crippen LogP contribution in [-0.4, -0.2) is 23.9 Å². The molecular formula is C15H24FNO2. The molecule has 3 nitrogen and oxygen atoms in total. The van der Waals surface area contributed by atoms with Crippen molar-refractivity contribution in [2.75, 3.05) is 13.2 Å². The highest BCUT2D eigenvalue weighted by molar-refractivity contribution is 5.29. The van der Waals surface area contributed by atoms with Crippen LogP contribution in [0.5, 0.6) is 5.75 Å². The van der Waals surface area contributed by atoms with E-state index in [0.29, 0.717) is 13.0 Å². The minimum atomic E-state index is -0.923. The molecule has 0 saturated carbocycles. The van der Waals surface area contributed by atoms with Gasteiger partial charge in [0.05, 0.1) is 5.60 Å². The highest BCUT2D eigenvalue weighted by atomic mass is 19.1. The fourth-order valence-electron chi connectivity index (χ4n) is 1.52. The summed E-state index contributed by atoms with van der Waals surface area (Å²) < 4.78 is 19.1. The third-order valence-corrected chi connectivity index (χ3v) is 3.05. The zero-order valence-electron chi connectivity index (χ0n) is 12.0. The Hall–Kier alpha value is -1.13. The quantitative estimate of drug-likeness (QED) is 0.713. The lowest BCUT2D eigenvalue weighted by Crippen LogP contribution is -2.31. The molecular weight excluding hydrogens is 245 g/mol. The molecule has 1 aromatic carbocycles. The monoisotopic (exact) mass is 269 g/mol. The summed E-state index contributed by atoms with van der Waals surface area (Å²) in [5.74, 6) is -0.198. The highest BCUT2D eigenvalue weighted by Gasteiger charge is 2.19. The second-order valence-electron chi connectivity index (χ2n) is 5.08. The van der Waals surface area contributed by atoms with Gasteiger partial charge in [0, 0.05) is 6.54 Å². The summed E-state index contributed by atoms with van der Waals surface area (Å²) in [6.07, 6.45) is 1.61. The van der Waals surface area contributed by atoms with E-state index in [1.54, 1.807) is 13.0 Å². The van der Waals surface area contributed by atoms with E-state index in [4.69, 9.17) is 4.74 Å². The van der Waals surface area contributed by atoms with Crippen molar-refractivity contribution >= 4 is 0 Å². The van der Waals surface area contributed by atoms with Crippen LogP contribution in [0.4, 0.5) is 4.39 Å². The van der Waals surface area contributed by atoms with Crippen LogP contribution in [0, 0.1) is 5.82 Å². The lowest BCUT2D eigenvalue weighted by molar-refractivity contribution is 0.00733. The first-order valence-corrected chi connectivity index (χ1v) is 6.83. The molecule has 0 radical (unpaired) electrons. The van der Waals surface area contributed by atoms with Crippen molar-refractivity contribution in [3.05, 3.63) is 29.6 Å². The molecule has 2 N–H and O–H groups in total. The van der Waals surface area contributed by atoms with Crippen molar-refractivity contribution in [3.63, 3.8) is 0 Å². The van der Waals surface area contributed by atoms with Crippen molar-refractivity contribution < 1.29 is 14.2 Å². The van der Waals surface area contributed by atoms with Gasteiger partial charge in [-0.15, -0.1) is 0 Å². The summed E-state index contributed by atoms with van der Waals surface area (Å²) in [6, 6.07) is 4.92. The first kappa shape index (κ1) is 15.9. The van der Waals surface area contributed by atoms with E-state index in [2.05, 4.69) is 12.2 Å². The van der Waals surface area contributed by atoms with Gasteiger partial charge >= 0.3 is 0 Å². The highest BCUT2D eigenvalue weighted by Crippen LogP contribution is 2.20. The molecule has 0 aromatic heterocycles. The van der Waals surface area contributed by atoms with Gasteiger partial charge in [-0.1, -0.05) is 19.9 Å². The number of benzene rings is 1. The van der Waals surface area contributed by atoms with Crippen molar-refractivity contribution in [2.24, 2.45) is 0 Å². The maximum atomic E-state index is 13.8. The lowest BCUT2D eigenvalue weighted by Gasteiger charge is -2.21. The Kier molecular flexibility index (Phi) is 6.25. The van der Waals surface area contributed by atoms with Gasteiger partial charge in [-0.2, -0.15) is 0 Å². The van der Waals surface area contributed by atoms with Crippen LogP contribution in [0.15, 0.2) is 18.2 Å². The SMILES string of the molecule is CCCNCc1ccc(OCC(C)(O)CC)c(F)c1. The van der Waals surface area contributed by atoms with Crippen LogP contribution in [0.2, 0.25) is 0 Å². The van der Waals surface area contributed by atoms with Crippen molar-refractivity contribution in [1.29, 1.82) is 0 Å². The summed E-state index contributed by atoms with van der Waals surface area (Å²) >= 11 is 0. The Morgan fingerprint density at radius 2 is 2.11 bits per heavy atom. The molecule has 1 unspecified atom stereocenters. The fraction of sp³-hybridized carbons (Fsp3) is 0.600. The molecule has 0 aliphatic heterocycles. The van der Waals surface area contributed by atoms with Gasteiger partial charge in [0.15, 0.2) is 11.6 Å². The van der Waals surface area contributed by atoms with E-state index < -0.39 is 5.60 Å². The second-order valence-corrected chi connectivity index (χ2v) is 5.08. The Morgan fingerprint density at radius 3 is 2.68 bits per heavy atom. The topological polar surface area (TPSA) is 41.5 Å². The molecule has 0 spiro atoms. The van der Waals surface area contributed by atoms with Crippen LogP contribution in [-0.2, 0) is 6.54 Å². The molecule has 0 amide bonds. The molecule has 0 heterocycles. The summed E-state index contributed by atoms with van der Waals surface area (Å²) in [4.78, 5) is 0. The standard InChI is InChI=1S/C15H24FNO2/c1-4-8-17-10-12-6-7-14(13(16)9-12)19-11-15(3,18)5-2/h6-7,9,17-18H,4-5,8,10-11H2,1-3H3. The summed E-state index contributed by atoms with van der Waals surface area (Å²) in [7, 11) is 0. The minimum absolute atomic E-state index is 0.0911. The predicted octanol–water partition coefficient (Wildman–Crippen LogP) is 2.87. The molecule has 0 fully saturated rings. The average molecular weight is 269 g/mol. The van der Waals surface area contributed by atoms with Crippen molar-refractivity contribution in [1.82, 2.24) is 5.32 Å². The van der Waals surface area contributed by atoms with Gasteiger partial charge in [-0.05, 0) is 44.0 Å². The third kappa shape index (κ3) is 5.57. The molecule has 1 atom stereocenters. The van der Waals surface area contributed by atoms with E-state index in [1.807, 2.05) is 13.0 Å². The molecule has 1 aromatic rings. The molecule has 108 valence electrons. The minimum Gasteiger partial charge on any atom is -0.488 e. The van der Waals surface area contributed by atoms with Gasteiger partial charge in [0.2, 0.25) is 0 Å². The largest absolute Gasteiger partial charge is 0.488 e. The van der Waals surface area contributed by atoms with E-state index in [0.717, 1.165) is 18.5 Å². The van der Waals surface area contributed by atoms with Crippen LogP contribution >= 0.6 is 0 Å². The average Bonchev–Trinajstić information content (AvgIpc) is 2.38. The zero-order valence-corrected chi connectivity index (χ0v) is 12.0. The molecule has 0 saturated heterocycles. The van der Waals surface area contributed by atoms with Gasteiger partial charge in [0.25, 0.3) is 0 Å². The number of aliphatic hydroxyl groups is 1. The maximum Gasteiger partial charge on any atom is 0.165 e. The molecule has 0 aliphatic carbocycles. The first-order chi connectivity index (χ1) is 8.98. The van der Waals surface area contributed by atoms with Gasteiger partial charge < -0.3 is 15.2 Å². The Labute approximate surface area is 114 Å². The number of hydrogen-bond donors (Lipinski definition) is 2. The summed E-state index contributed by atoms with van der Waals surface area (Å²) in [5.41, 5.74) is -0.0334. The molecule has 0 bridgehead atoms. The van der Waals surface area contributed by atoms with Gasteiger partial charge in [-0.25, -0.2) is 4.39 Å². The molecule has 4 heteroatoms. The molecule has 19 heavy (non-hydrogen) atoms. The number of ether oxygens (including phenoxy) is 1. The van der Waals surface area contributed by atoms with Gasteiger partial charge in [-0.3, -0.25) is 0 Å². The number of rotatable bonds is 8. The Balaban J connectivity index is 2.57. The van der Waals surface area contributed by atoms with Crippen LogP contribution < -0.4 is 10.1 Å². The molecule has 1 rings (SSSR count). The van der Waals surface area contributed by atoms with Crippen LogP contribution in [0.1, 0.15) is 39.2 Å². The third-order valence-electron chi connectivity index (χ3n) is 3.05. The van der Waals surface area contributed by atoms with Crippen LogP contribution in [0.3, 0.4) is 0 Å². The Morgan fingerprint density at radius 1 is 1.37 bits per heavy atom. The number of hydrogen-bond acceptors (Lipinski definition) is 3. The normalized spacial score (nSPS) is 14.2.